The average molecular weight is 367 g/mol. The lowest BCUT2D eigenvalue weighted by Crippen LogP contribution is -2.37. The molecule has 2 aromatic carbocycles. The molecule has 0 N–H and O–H groups in total. The number of para-hydroxylation sites is 2. The van der Waals surface area contributed by atoms with E-state index in [0.717, 1.165) is 29.4 Å². The van der Waals surface area contributed by atoms with Crippen LogP contribution in [0, 0.1) is 5.82 Å². The topological polar surface area (TPSA) is 47.2 Å². The van der Waals surface area contributed by atoms with Crippen LogP contribution in [0.25, 0.3) is 11.0 Å². The molecule has 3 aromatic rings. The second-order valence-electron chi connectivity index (χ2n) is 6.98. The van der Waals surface area contributed by atoms with Crippen LogP contribution in [0.5, 0.6) is 0 Å². The average Bonchev–Trinajstić information content (AvgIpc) is 3.47. The lowest BCUT2D eigenvalue weighted by atomic mass is 10.2. The van der Waals surface area contributed by atoms with Gasteiger partial charge < -0.3 is 4.90 Å². The predicted octanol–water partition coefficient (Wildman–Crippen LogP) is 3.15. The van der Waals surface area contributed by atoms with E-state index in [1.54, 1.807) is 21.3 Å². The van der Waals surface area contributed by atoms with Crippen molar-refractivity contribution < 1.29 is 9.18 Å². The quantitative estimate of drug-likeness (QED) is 0.672. The first-order chi connectivity index (χ1) is 13.1. The van der Waals surface area contributed by atoms with E-state index in [1.807, 2.05) is 36.1 Å². The van der Waals surface area contributed by atoms with Gasteiger partial charge in [0, 0.05) is 19.1 Å². The van der Waals surface area contributed by atoms with Gasteiger partial charge in [0.05, 0.1) is 11.0 Å². The Morgan fingerprint density at radius 2 is 1.70 bits per heavy atom. The van der Waals surface area contributed by atoms with Gasteiger partial charge in [-0.15, -0.1) is 0 Å². The van der Waals surface area contributed by atoms with Gasteiger partial charge in [0.1, 0.15) is 12.4 Å². The monoisotopic (exact) mass is 367 g/mol. The standard InChI is InChI=1S/C21H22FN3O2/c1-2-23-18-5-3-4-6-19(18)25(21(23)27)14-20(26)24(17-11-12-17)13-15-7-9-16(22)10-8-15/h3-10,17H,2,11-14H2,1H3. The third kappa shape index (κ3) is 3.39. The van der Waals surface area contributed by atoms with Crippen molar-refractivity contribution >= 4 is 16.9 Å². The van der Waals surface area contributed by atoms with Crippen LogP contribution in [0.15, 0.2) is 53.3 Å². The first kappa shape index (κ1) is 17.5. The second-order valence-corrected chi connectivity index (χ2v) is 6.98. The van der Waals surface area contributed by atoms with Gasteiger partial charge in [-0.25, -0.2) is 9.18 Å². The lowest BCUT2D eigenvalue weighted by Gasteiger charge is -2.23. The number of carbonyl (C=O) groups excluding carboxylic acids is 1. The molecule has 1 fully saturated rings. The molecule has 0 bridgehead atoms. The number of nitrogens with zero attached hydrogens (tertiary/aromatic N) is 3. The highest BCUT2D eigenvalue weighted by Crippen LogP contribution is 2.29. The molecule has 0 saturated heterocycles. The largest absolute Gasteiger partial charge is 0.334 e. The summed E-state index contributed by atoms with van der Waals surface area (Å²) < 4.78 is 16.4. The number of hydrogen-bond acceptors (Lipinski definition) is 2. The zero-order valence-corrected chi connectivity index (χ0v) is 15.3. The fourth-order valence-corrected chi connectivity index (χ4v) is 3.55. The SMILES string of the molecule is CCn1c(=O)n(CC(=O)N(Cc2ccc(F)cc2)C2CC2)c2ccccc21. The minimum Gasteiger partial charge on any atom is -0.334 e. The van der Waals surface area contributed by atoms with Gasteiger partial charge in [0.2, 0.25) is 5.91 Å². The van der Waals surface area contributed by atoms with E-state index < -0.39 is 0 Å². The van der Waals surface area contributed by atoms with E-state index in [1.165, 1.54) is 12.1 Å². The van der Waals surface area contributed by atoms with Gasteiger partial charge in [-0.2, -0.15) is 0 Å². The zero-order valence-electron chi connectivity index (χ0n) is 15.3. The normalized spacial score (nSPS) is 13.9. The zero-order chi connectivity index (χ0) is 19.0. The Kier molecular flexibility index (Phi) is 4.56. The van der Waals surface area contributed by atoms with Crippen LogP contribution in [-0.4, -0.2) is 26.0 Å². The van der Waals surface area contributed by atoms with Crippen molar-refractivity contribution in [3.8, 4) is 0 Å². The molecular formula is C21H22FN3O2. The van der Waals surface area contributed by atoms with E-state index in [4.69, 9.17) is 0 Å². The van der Waals surface area contributed by atoms with E-state index >= 15 is 0 Å². The Morgan fingerprint density at radius 1 is 1.07 bits per heavy atom. The Bertz CT molecular complexity index is 1030. The summed E-state index contributed by atoms with van der Waals surface area (Å²) >= 11 is 0. The smallest absolute Gasteiger partial charge is 0.329 e. The first-order valence-corrected chi connectivity index (χ1v) is 9.30. The highest BCUT2D eigenvalue weighted by Gasteiger charge is 2.33. The van der Waals surface area contributed by atoms with Crippen molar-refractivity contribution in [2.45, 2.75) is 45.4 Å². The number of aryl methyl sites for hydroxylation is 1. The lowest BCUT2D eigenvalue weighted by molar-refractivity contribution is -0.133. The predicted molar refractivity (Wildman–Crippen MR) is 102 cm³/mol. The molecule has 1 heterocycles. The fraction of sp³-hybridized carbons (Fsp3) is 0.333. The number of hydrogen-bond donors (Lipinski definition) is 0. The maximum atomic E-state index is 13.1. The van der Waals surface area contributed by atoms with Crippen molar-refractivity contribution in [1.29, 1.82) is 0 Å². The molecule has 0 spiro atoms. The Morgan fingerprint density at radius 3 is 2.30 bits per heavy atom. The summed E-state index contributed by atoms with van der Waals surface area (Å²) in [6.07, 6.45) is 1.94. The first-order valence-electron chi connectivity index (χ1n) is 9.30. The molecule has 1 aliphatic carbocycles. The molecular weight excluding hydrogens is 345 g/mol. The summed E-state index contributed by atoms with van der Waals surface area (Å²) in [5.41, 5.74) is 2.34. The highest BCUT2D eigenvalue weighted by atomic mass is 19.1. The minimum atomic E-state index is -0.290. The number of imidazole rings is 1. The molecule has 6 heteroatoms. The third-order valence-electron chi connectivity index (χ3n) is 5.11. The van der Waals surface area contributed by atoms with Crippen LogP contribution in [0.1, 0.15) is 25.3 Å². The molecule has 1 aliphatic rings. The molecule has 1 amide bonds. The summed E-state index contributed by atoms with van der Waals surface area (Å²) in [5.74, 6) is -0.370. The molecule has 0 aliphatic heterocycles. The third-order valence-corrected chi connectivity index (χ3v) is 5.11. The minimum absolute atomic E-state index is 0.0179. The van der Waals surface area contributed by atoms with Gasteiger partial charge in [-0.1, -0.05) is 24.3 Å². The Hall–Kier alpha value is -2.89. The molecule has 5 nitrogen and oxygen atoms in total. The maximum absolute atomic E-state index is 13.1. The van der Waals surface area contributed by atoms with E-state index in [0.29, 0.717) is 13.1 Å². The molecule has 4 rings (SSSR count). The summed E-state index contributed by atoms with van der Waals surface area (Å²) in [5, 5.41) is 0. The molecule has 0 atom stereocenters. The van der Waals surface area contributed by atoms with Gasteiger partial charge in [0.25, 0.3) is 0 Å². The Labute approximate surface area is 156 Å². The van der Waals surface area contributed by atoms with Crippen molar-refractivity contribution in [3.05, 3.63) is 70.4 Å². The van der Waals surface area contributed by atoms with E-state index in [2.05, 4.69) is 0 Å². The number of carbonyl (C=O) groups is 1. The van der Waals surface area contributed by atoms with Gasteiger partial charge >= 0.3 is 5.69 Å². The number of fused-ring (bicyclic) bond motifs is 1. The van der Waals surface area contributed by atoms with Crippen molar-refractivity contribution in [3.63, 3.8) is 0 Å². The van der Waals surface area contributed by atoms with E-state index in [-0.39, 0.29) is 30.0 Å². The number of rotatable bonds is 6. The van der Waals surface area contributed by atoms with Crippen molar-refractivity contribution in [2.75, 3.05) is 0 Å². The van der Waals surface area contributed by atoms with Gasteiger partial charge in [-0.05, 0) is 49.6 Å². The maximum Gasteiger partial charge on any atom is 0.329 e. The number of halogens is 1. The van der Waals surface area contributed by atoms with Gasteiger partial charge in [0.15, 0.2) is 0 Å². The molecule has 27 heavy (non-hydrogen) atoms. The Balaban J connectivity index is 1.62. The van der Waals surface area contributed by atoms with Crippen molar-refractivity contribution in [1.82, 2.24) is 14.0 Å². The number of aromatic nitrogens is 2. The van der Waals surface area contributed by atoms with Crippen LogP contribution in [0.3, 0.4) is 0 Å². The summed E-state index contributed by atoms with van der Waals surface area (Å²) in [4.78, 5) is 27.6. The molecule has 1 saturated carbocycles. The number of benzene rings is 2. The van der Waals surface area contributed by atoms with E-state index in [9.17, 15) is 14.0 Å². The van der Waals surface area contributed by atoms with Crippen LogP contribution >= 0.6 is 0 Å². The van der Waals surface area contributed by atoms with Crippen LogP contribution < -0.4 is 5.69 Å². The molecule has 1 aromatic heterocycles. The van der Waals surface area contributed by atoms with Gasteiger partial charge in [-0.3, -0.25) is 13.9 Å². The van der Waals surface area contributed by atoms with Crippen LogP contribution in [-0.2, 0) is 24.4 Å². The summed E-state index contributed by atoms with van der Waals surface area (Å²) in [6.45, 7) is 2.93. The van der Waals surface area contributed by atoms with Crippen LogP contribution in [0.2, 0.25) is 0 Å². The van der Waals surface area contributed by atoms with Crippen molar-refractivity contribution in [2.24, 2.45) is 0 Å². The number of amides is 1. The highest BCUT2D eigenvalue weighted by molar-refractivity contribution is 5.81. The van der Waals surface area contributed by atoms with Crippen LogP contribution in [0.4, 0.5) is 4.39 Å². The summed E-state index contributed by atoms with van der Waals surface area (Å²) in [6, 6.07) is 14.0. The molecule has 0 radical (unpaired) electrons. The molecule has 0 unspecified atom stereocenters. The summed E-state index contributed by atoms with van der Waals surface area (Å²) in [7, 11) is 0. The second kappa shape index (κ2) is 7.02. The fourth-order valence-electron chi connectivity index (χ4n) is 3.55. The molecule has 140 valence electrons.